The molecule has 1 aromatic rings. The van der Waals surface area contributed by atoms with Crippen LogP contribution in [-0.4, -0.2) is 31.0 Å². The Hall–Kier alpha value is -1.55. The average molecular weight is 264 g/mol. The quantitative estimate of drug-likeness (QED) is 0.886. The molecule has 0 heterocycles. The average Bonchev–Trinajstić information content (AvgIpc) is 2.37. The van der Waals surface area contributed by atoms with E-state index in [1.165, 1.54) is 5.56 Å². The van der Waals surface area contributed by atoms with E-state index < -0.39 is 6.04 Å². The molecule has 0 saturated heterocycles. The van der Waals surface area contributed by atoms with Crippen LogP contribution in [0, 0.1) is 0 Å². The molecule has 0 bridgehead atoms. The van der Waals surface area contributed by atoms with E-state index in [-0.39, 0.29) is 5.91 Å². The van der Waals surface area contributed by atoms with Crippen molar-refractivity contribution >= 4 is 5.91 Å². The Morgan fingerprint density at radius 1 is 1.37 bits per heavy atom. The van der Waals surface area contributed by atoms with Gasteiger partial charge in [-0.2, -0.15) is 0 Å². The molecule has 0 saturated carbocycles. The molecule has 4 heteroatoms. The van der Waals surface area contributed by atoms with Crippen LogP contribution in [0.25, 0.3) is 0 Å². The van der Waals surface area contributed by atoms with E-state index in [1.807, 2.05) is 6.07 Å². The van der Waals surface area contributed by atoms with E-state index in [9.17, 15) is 4.79 Å². The van der Waals surface area contributed by atoms with Crippen molar-refractivity contribution in [1.82, 2.24) is 4.90 Å². The van der Waals surface area contributed by atoms with Gasteiger partial charge >= 0.3 is 0 Å². The lowest BCUT2D eigenvalue weighted by atomic mass is 10.00. The highest BCUT2D eigenvalue weighted by Crippen LogP contribution is 2.25. The number of hydrogen-bond donors (Lipinski definition) is 1. The van der Waals surface area contributed by atoms with Gasteiger partial charge < -0.3 is 15.4 Å². The highest BCUT2D eigenvalue weighted by Gasteiger charge is 2.16. The number of nitrogens with zero attached hydrogens (tertiary/aromatic N) is 1. The molecule has 1 amide bonds. The van der Waals surface area contributed by atoms with Gasteiger partial charge in [-0.15, -0.1) is 0 Å². The van der Waals surface area contributed by atoms with Gasteiger partial charge in [-0.05, 0) is 24.5 Å². The number of hydrogen-bond acceptors (Lipinski definition) is 3. The van der Waals surface area contributed by atoms with E-state index >= 15 is 0 Å². The Kier molecular flexibility index (Phi) is 5.36. The van der Waals surface area contributed by atoms with Crippen LogP contribution in [0.15, 0.2) is 18.2 Å². The summed E-state index contributed by atoms with van der Waals surface area (Å²) in [5, 5.41) is 0. The number of rotatable bonds is 5. The summed E-state index contributed by atoms with van der Waals surface area (Å²) in [6.45, 7) is 6.48. The molecule has 1 rings (SSSR count). The van der Waals surface area contributed by atoms with E-state index in [0.717, 1.165) is 11.3 Å². The van der Waals surface area contributed by atoms with E-state index in [1.54, 1.807) is 26.0 Å². The van der Waals surface area contributed by atoms with Gasteiger partial charge in [0.25, 0.3) is 0 Å². The van der Waals surface area contributed by atoms with Crippen LogP contribution in [0.2, 0.25) is 0 Å². The van der Waals surface area contributed by atoms with Crippen LogP contribution in [0.5, 0.6) is 5.75 Å². The van der Waals surface area contributed by atoms with Crippen LogP contribution in [0.4, 0.5) is 0 Å². The molecule has 19 heavy (non-hydrogen) atoms. The van der Waals surface area contributed by atoms with Crippen molar-refractivity contribution in [3.63, 3.8) is 0 Å². The Bertz CT molecular complexity index is 442. The molecule has 0 spiro atoms. The number of carbonyl (C=O) groups excluding carboxylic acids is 1. The molecule has 106 valence electrons. The Labute approximate surface area is 115 Å². The fraction of sp³-hybridized carbons (Fsp3) is 0.533. The van der Waals surface area contributed by atoms with Crippen molar-refractivity contribution in [3.05, 3.63) is 29.3 Å². The SMILES string of the molecule is COc1ccc(C(C)C)cc1CN(C)C(=O)C(C)N. The summed E-state index contributed by atoms with van der Waals surface area (Å²) < 4.78 is 5.35. The normalized spacial score (nSPS) is 12.4. The molecule has 2 N–H and O–H groups in total. The molecular formula is C15H24N2O2. The number of amides is 1. The molecule has 4 nitrogen and oxygen atoms in total. The molecule has 0 radical (unpaired) electrons. The molecular weight excluding hydrogens is 240 g/mol. The van der Waals surface area contributed by atoms with Gasteiger partial charge in [0.05, 0.1) is 13.2 Å². The zero-order valence-corrected chi connectivity index (χ0v) is 12.4. The van der Waals surface area contributed by atoms with Gasteiger partial charge in [0.15, 0.2) is 0 Å². The van der Waals surface area contributed by atoms with Gasteiger partial charge in [0, 0.05) is 19.2 Å². The fourth-order valence-corrected chi connectivity index (χ4v) is 1.96. The van der Waals surface area contributed by atoms with Crippen molar-refractivity contribution in [3.8, 4) is 5.75 Å². The second-order valence-electron chi connectivity index (χ2n) is 5.21. The first-order valence-electron chi connectivity index (χ1n) is 6.54. The third kappa shape index (κ3) is 3.96. The lowest BCUT2D eigenvalue weighted by Crippen LogP contribution is -2.39. The number of methoxy groups -OCH3 is 1. The van der Waals surface area contributed by atoms with Crippen molar-refractivity contribution in [2.75, 3.05) is 14.2 Å². The summed E-state index contributed by atoms with van der Waals surface area (Å²) in [6, 6.07) is 5.62. The summed E-state index contributed by atoms with van der Waals surface area (Å²) in [5.74, 6) is 1.17. The zero-order chi connectivity index (χ0) is 14.6. The minimum atomic E-state index is -0.482. The van der Waals surface area contributed by atoms with Crippen molar-refractivity contribution in [2.45, 2.75) is 39.3 Å². The van der Waals surface area contributed by atoms with E-state index in [2.05, 4.69) is 26.0 Å². The predicted molar refractivity (Wildman–Crippen MR) is 77.2 cm³/mol. The topological polar surface area (TPSA) is 55.6 Å². The third-order valence-corrected chi connectivity index (χ3v) is 3.14. The Balaban J connectivity index is 2.97. The molecule has 1 aromatic carbocycles. The number of benzene rings is 1. The summed E-state index contributed by atoms with van der Waals surface area (Å²) >= 11 is 0. The maximum absolute atomic E-state index is 11.8. The van der Waals surface area contributed by atoms with Gasteiger partial charge in [-0.3, -0.25) is 4.79 Å². The van der Waals surface area contributed by atoms with E-state index in [0.29, 0.717) is 12.5 Å². The van der Waals surface area contributed by atoms with Crippen molar-refractivity contribution < 1.29 is 9.53 Å². The molecule has 0 aliphatic heterocycles. The number of ether oxygens (including phenoxy) is 1. The number of likely N-dealkylation sites (N-methyl/N-ethyl adjacent to an activating group) is 1. The van der Waals surface area contributed by atoms with E-state index in [4.69, 9.17) is 10.5 Å². The molecule has 1 unspecified atom stereocenters. The highest BCUT2D eigenvalue weighted by atomic mass is 16.5. The van der Waals surface area contributed by atoms with Gasteiger partial charge in [-0.1, -0.05) is 26.0 Å². The van der Waals surface area contributed by atoms with Crippen LogP contribution in [0.1, 0.15) is 37.8 Å². The maximum atomic E-state index is 11.8. The molecule has 1 atom stereocenters. The van der Waals surface area contributed by atoms with Gasteiger partial charge in [0.1, 0.15) is 5.75 Å². The highest BCUT2D eigenvalue weighted by molar-refractivity contribution is 5.80. The maximum Gasteiger partial charge on any atom is 0.239 e. The number of carbonyl (C=O) groups is 1. The summed E-state index contributed by atoms with van der Waals surface area (Å²) in [5.41, 5.74) is 7.86. The first-order valence-corrected chi connectivity index (χ1v) is 6.54. The first-order chi connectivity index (χ1) is 8.86. The van der Waals surface area contributed by atoms with Crippen LogP contribution < -0.4 is 10.5 Å². The van der Waals surface area contributed by atoms with Gasteiger partial charge in [0.2, 0.25) is 5.91 Å². The molecule has 0 aliphatic rings. The zero-order valence-electron chi connectivity index (χ0n) is 12.4. The monoisotopic (exact) mass is 264 g/mol. The summed E-state index contributed by atoms with van der Waals surface area (Å²) in [7, 11) is 3.40. The lowest BCUT2D eigenvalue weighted by Gasteiger charge is -2.21. The standard InChI is InChI=1S/C15H24N2O2/c1-10(2)12-6-7-14(19-5)13(8-12)9-17(4)15(18)11(3)16/h6-8,10-11H,9,16H2,1-5H3. The minimum absolute atomic E-state index is 0.0722. The molecule has 0 fully saturated rings. The largest absolute Gasteiger partial charge is 0.496 e. The Morgan fingerprint density at radius 2 is 2.00 bits per heavy atom. The minimum Gasteiger partial charge on any atom is -0.496 e. The van der Waals surface area contributed by atoms with Crippen LogP contribution >= 0.6 is 0 Å². The third-order valence-electron chi connectivity index (χ3n) is 3.14. The van der Waals surface area contributed by atoms with Crippen LogP contribution in [0.3, 0.4) is 0 Å². The smallest absolute Gasteiger partial charge is 0.239 e. The van der Waals surface area contributed by atoms with Crippen LogP contribution in [-0.2, 0) is 11.3 Å². The lowest BCUT2D eigenvalue weighted by molar-refractivity contribution is -0.131. The summed E-state index contributed by atoms with van der Waals surface area (Å²) in [6.07, 6.45) is 0. The number of nitrogens with two attached hydrogens (primary N) is 1. The van der Waals surface area contributed by atoms with Crippen molar-refractivity contribution in [2.24, 2.45) is 5.73 Å². The summed E-state index contributed by atoms with van der Waals surface area (Å²) in [4.78, 5) is 13.5. The van der Waals surface area contributed by atoms with Crippen molar-refractivity contribution in [1.29, 1.82) is 0 Å². The Morgan fingerprint density at radius 3 is 2.47 bits per heavy atom. The second-order valence-corrected chi connectivity index (χ2v) is 5.21. The predicted octanol–water partition coefficient (Wildman–Crippen LogP) is 2.12. The second kappa shape index (κ2) is 6.57. The molecule has 0 aromatic heterocycles. The molecule has 0 aliphatic carbocycles. The van der Waals surface area contributed by atoms with Gasteiger partial charge in [-0.25, -0.2) is 0 Å². The first kappa shape index (κ1) is 15.5. The fourth-order valence-electron chi connectivity index (χ4n) is 1.96.